The molecule has 0 saturated heterocycles. The Kier molecular flexibility index (Phi) is 5.07. The molecule has 1 aliphatic heterocycles. The second-order valence-corrected chi connectivity index (χ2v) is 5.97. The molecule has 134 valence electrons. The molecular formula is C21H20O5. The Bertz CT molecular complexity index is 895. The number of hydrogen-bond acceptors (Lipinski definition) is 5. The minimum Gasteiger partial charge on any atom is -0.493 e. The van der Waals surface area contributed by atoms with Gasteiger partial charge in [-0.2, -0.15) is 0 Å². The zero-order valence-electron chi connectivity index (χ0n) is 15.0. The van der Waals surface area contributed by atoms with E-state index in [1.54, 1.807) is 25.1 Å². The van der Waals surface area contributed by atoms with Crippen LogP contribution in [0.25, 0.3) is 6.08 Å². The van der Waals surface area contributed by atoms with Crippen LogP contribution in [0, 0.1) is 6.92 Å². The van der Waals surface area contributed by atoms with Crippen molar-refractivity contribution < 1.29 is 23.8 Å². The van der Waals surface area contributed by atoms with Crippen LogP contribution in [-0.4, -0.2) is 24.8 Å². The molecule has 1 aliphatic rings. The van der Waals surface area contributed by atoms with Gasteiger partial charge >= 0.3 is 0 Å². The Morgan fingerprint density at radius 2 is 1.88 bits per heavy atom. The molecule has 0 bridgehead atoms. The molecule has 0 spiro atoms. The van der Waals surface area contributed by atoms with Crippen molar-refractivity contribution in [1.82, 2.24) is 0 Å². The molecule has 0 unspecified atom stereocenters. The highest BCUT2D eigenvalue weighted by Crippen LogP contribution is 2.39. The van der Waals surface area contributed by atoms with E-state index >= 15 is 0 Å². The molecule has 0 aromatic heterocycles. The zero-order valence-corrected chi connectivity index (χ0v) is 15.0. The minimum atomic E-state index is -0.187. The van der Waals surface area contributed by atoms with Crippen LogP contribution >= 0.6 is 0 Å². The van der Waals surface area contributed by atoms with E-state index in [0.717, 1.165) is 5.56 Å². The van der Waals surface area contributed by atoms with Gasteiger partial charge in [-0.3, -0.25) is 9.59 Å². The molecule has 2 aromatic rings. The van der Waals surface area contributed by atoms with Gasteiger partial charge in [-0.05, 0) is 45.0 Å². The first-order valence-corrected chi connectivity index (χ1v) is 8.43. The summed E-state index contributed by atoms with van der Waals surface area (Å²) >= 11 is 0. The fraction of sp³-hybridized carbons (Fsp3) is 0.238. The number of Topliss-reactive ketones (excluding diaryl/α,β-unsaturated/α-hetero) is 2. The van der Waals surface area contributed by atoms with Gasteiger partial charge in [-0.25, -0.2) is 0 Å². The Hall–Kier alpha value is -3.08. The van der Waals surface area contributed by atoms with Gasteiger partial charge < -0.3 is 14.2 Å². The maximum Gasteiger partial charge on any atom is 0.231 e. The van der Waals surface area contributed by atoms with E-state index < -0.39 is 0 Å². The van der Waals surface area contributed by atoms with Crippen LogP contribution < -0.4 is 14.2 Å². The first kappa shape index (κ1) is 17.7. The summed E-state index contributed by atoms with van der Waals surface area (Å²) in [5.74, 6) is 1.66. The Labute approximate surface area is 152 Å². The number of benzene rings is 2. The van der Waals surface area contributed by atoms with E-state index in [-0.39, 0.29) is 23.9 Å². The standard InChI is InChI=1S/C21H20O5/c1-4-24-18-8-6-5-7-15(18)11-19-20(23)16-9-10-17(25-12-13(2)22)14(3)21(16)26-19/h5-11H,4,12H2,1-3H3/b19-11-. The van der Waals surface area contributed by atoms with Crippen molar-refractivity contribution in [3.05, 3.63) is 58.8 Å². The number of carbonyl (C=O) groups is 2. The van der Waals surface area contributed by atoms with Gasteiger partial charge in [0.1, 0.15) is 23.9 Å². The van der Waals surface area contributed by atoms with E-state index in [1.165, 1.54) is 6.92 Å². The number of rotatable bonds is 6. The van der Waals surface area contributed by atoms with Gasteiger partial charge in [0, 0.05) is 11.1 Å². The molecule has 5 heteroatoms. The van der Waals surface area contributed by atoms with Crippen LogP contribution in [0.2, 0.25) is 0 Å². The van der Waals surface area contributed by atoms with Gasteiger partial charge in [0.2, 0.25) is 5.78 Å². The van der Waals surface area contributed by atoms with Crippen LogP contribution in [0.1, 0.15) is 35.3 Å². The lowest BCUT2D eigenvalue weighted by molar-refractivity contribution is -0.118. The normalized spacial score (nSPS) is 14.1. The van der Waals surface area contributed by atoms with E-state index in [9.17, 15) is 9.59 Å². The predicted octanol–water partition coefficient (Wildman–Crippen LogP) is 3.98. The number of fused-ring (bicyclic) bond motifs is 1. The first-order valence-electron chi connectivity index (χ1n) is 8.43. The fourth-order valence-corrected chi connectivity index (χ4v) is 2.73. The minimum absolute atomic E-state index is 0.0159. The number of carbonyl (C=O) groups excluding carboxylic acids is 2. The average Bonchev–Trinajstić information content (AvgIpc) is 2.93. The lowest BCUT2D eigenvalue weighted by Gasteiger charge is -2.10. The summed E-state index contributed by atoms with van der Waals surface area (Å²) in [7, 11) is 0. The first-order chi connectivity index (χ1) is 12.5. The highest BCUT2D eigenvalue weighted by Gasteiger charge is 2.30. The second-order valence-electron chi connectivity index (χ2n) is 5.97. The molecule has 0 N–H and O–H groups in total. The van der Waals surface area contributed by atoms with E-state index in [0.29, 0.717) is 35.0 Å². The molecule has 2 aromatic carbocycles. The third kappa shape index (κ3) is 3.47. The van der Waals surface area contributed by atoms with Crippen LogP contribution in [0.5, 0.6) is 17.2 Å². The molecule has 0 atom stereocenters. The summed E-state index contributed by atoms with van der Waals surface area (Å²) in [5.41, 5.74) is 1.95. The van der Waals surface area contributed by atoms with Crippen LogP contribution in [0.3, 0.4) is 0 Å². The zero-order chi connectivity index (χ0) is 18.7. The number of hydrogen-bond donors (Lipinski definition) is 0. The average molecular weight is 352 g/mol. The Balaban J connectivity index is 1.92. The van der Waals surface area contributed by atoms with Crippen molar-refractivity contribution in [3.63, 3.8) is 0 Å². The lowest BCUT2D eigenvalue weighted by Crippen LogP contribution is -2.07. The van der Waals surface area contributed by atoms with E-state index in [4.69, 9.17) is 14.2 Å². The second kappa shape index (κ2) is 7.44. The van der Waals surface area contributed by atoms with Crippen LogP contribution in [0.4, 0.5) is 0 Å². The predicted molar refractivity (Wildman–Crippen MR) is 97.9 cm³/mol. The molecule has 26 heavy (non-hydrogen) atoms. The highest BCUT2D eigenvalue weighted by molar-refractivity contribution is 6.15. The van der Waals surface area contributed by atoms with Crippen molar-refractivity contribution in [2.75, 3.05) is 13.2 Å². The molecule has 3 rings (SSSR count). The molecule has 0 saturated carbocycles. The maximum atomic E-state index is 12.7. The molecule has 0 fully saturated rings. The van der Waals surface area contributed by atoms with E-state index in [1.807, 2.05) is 31.2 Å². The summed E-state index contributed by atoms with van der Waals surface area (Å²) in [5, 5.41) is 0. The van der Waals surface area contributed by atoms with Gasteiger partial charge in [0.05, 0.1) is 12.2 Å². The lowest BCUT2D eigenvalue weighted by atomic mass is 10.1. The largest absolute Gasteiger partial charge is 0.493 e. The molecule has 5 nitrogen and oxygen atoms in total. The van der Waals surface area contributed by atoms with Crippen molar-refractivity contribution in [2.45, 2.75) is 20.8 Å². The number of ether oxygens (including phenoxy) is 3. The summed E-state index contributed by atoms with van der Waals surface area (Å²) in [6.07, 6.45) is 1.68. The third-order valence-corrected chi connectivity index (χ3v) is 3.97. The molecular weight excluding hydrogens is 332 g/mol. The quantitative estimate of drug-likeness (QED) is 0.736. The van der Waals surface area contributed by atoms with Crippen molar-refractivity contribution in [2.24, 2.45) is 0 Å². The summed E-state index contributed by atoms with van der Waals surface area (Å²) in [6, 6.07) is 10.8. The molecule has 0 amide bonds. The van der Waals surface area contributed by atoms with Crippen molar-refractivity contribution in [1.29, 1.82) is 0 Å². The van der Waals surface area contributed by atoms with Crippen molar-refractivity contribution >= 4 is 17.6 Å². The molecule has 0 radical (unpaired) electrons. The van der Waals surface area contributed by atoms with Gasteiger partial charge in [-0.1, -0.05) is 18.2 Å². The third-order valence-electron chi connectivity index (χ3n) is 3.97. The number of allylic oxidation sites excluding steroid dienone is 1. The smallest absolute Gasteiger partial charge is 0.231 e. The van der Waals surface area contributed by atoms with Gasteiger partial charge in [0.25, 0.3) is 0 Å². The monoisotopic (exact) mass is 352 g/mol. The summed E-state index contributed by atoms with van der Waals surface area (Å²) in [6.45, 7) is 5.68. The van der Waals surface area contributed by atoms with Crippen molar-refractivity contribution in [3.8, 4) is 17.2 Å². The number of para-hydroxylation sites is 1. The number of ketones is 2. The molecule has 1 heterocycles. The summed E-state index contributed by atoms with van der Waals surface area (Å²) < 4.78 is 16.9. The summed E-state index contributed by atoms with van der Waals surface area (Å²) in [4.78, 5) is 23.8. The van der Waals surface area contributed by atoms with Crippen LogP contribution in [-0.2, 0) is 4.79 Å². The Morgan fingerprint density at radius 1 is 1.12 bits per heavy atom. The highest BCUT2D eigenvalue weighted by atomic mass is 16.5. The van der Waals surface area contributed by atoms with Gasteiger partial charge in [-0.15, -0.1) is 0 Å². The van der Waals surface area contributed by atoms with E-state index in [2.05, 4.69) is 0 Å². The fourth-order valence-electron chi connectivity index (χ4n) is 2.73. The SMILES string of the molecule is CCOc1ccccc1/C=C1\Oc2c(ccc(OCC(C)=O)c2C)C1=O. The maximum absolute atomic E-state index is 12.7. The Morgan fingerprint density at radius 3 is 2.62 bits per heavy atom. The van der Waals surface area contributed by atoms with Gasteiger partial charge in [0.15, 0.2) is 11.5 Å². The van der Waals surface area contributed by atoms with Crippen LogP contribution in [0.15, 0.2) is 42.2 Å². The molecule has 0 aliphatic carbocycles. The topological polar surface area (TPSA) is 61.8 Å².